The molecule has 0 heterocycles. The second kappa shape index (κ2) is 6.67. The van der Waals surface area contributed by atoms with E-state index in [0.717, 1.165) is 12.1 Å². The third-order valence-corrected chi connectivity index (χ3v) is 2.43. The zero-order chi connectivity index (χ0) is 12.8. The van der Waals surface area contributed by atoms with Gasteiger partial charge in [-0.3, -0.25) is 0 Å². The van der Waals surface area contributed by atoms with Gasteiger partial charge in [-0.15, -0.1) is 0 Å². The van der Waals surface area contributed by atoms with Crippen LogP contribution in [0.15, 0.2) is 18.2 Å². The molecule has 1 aromatic rings. The first-order chi connectivity index (χ1) is 8.00. The minimum atomic E-state index is -0.423. The Labute approximate surface area is 101 Å². The van der Waals surface area contributed by atoms with Crippen LogP contribution >= 0.6 is 0 Å². The topological polar surface area (TPSA) is 21.3 Å². The molecule has 1 rings (SSSR count). The SMILES string of the molecule is CC(C)OCCNC(C)c1cc(F)ccc1F. The number of halogens is 2. The molecule has 0 aliphatic rings. The summed E-state index contributed by atoms with van der Waals surface area (Å²) in [6.45, 7) is 6.87. The van der Waals surface area contributed by atoms with Crippen molar-refractivity contribution in [2.24, 2.45) is 0 Å². The summed E-state index contributed by atoms with van der Waals surface area (Å²) in [6, 6.07) is 3.25. The van der Waals surface area contributed by atoms with E-state index in [1.54, 1.807) is 6.92 Å². The van der Waals surface area contributed by atoms with Crippen molar-refractivity contribution in [3.05, 3.63) is 35.4 Å². The Kier molecular flexibility index (Phi) is 5.51. The first-order valence-electron chi connectivity index (χ1n) is 5.80. The number of benzene rings is 1. The fourth-order valence-corrected chi connectivity index (χ4v) is 1.53. The predicted molar refractivity (Wildman–Crippen MR) is 63.9 cm³/mol. The van der Waals surface area contributed by atoms with Gasteiger partial charge in [-0.25, -0.2) is 8.78 Å². The van der Waals surface area contributed by atoms with Crippen molar-refractivity contribution in [3.8, 4) is 0 Å². The Balaban J connectivity index is 2.46. The molecular weight excluding hydrogens is 224 g/mol. The lowest BCUT2D eigenvalue weighted by Gasteiger charge is -2.16. The van der Waals surface area contributed by atoms with Crippen molar-refractivity contribution in [2.75, 3.05) is 13.2 Å². The molecule has 0 fully saturated rings. The van der Waals surface area contributed by atoms with E-state index in [2.05, 4.69) is 5.32 Å². The zero-order valence-electron chi connectivity index (χ0n) is 10.5. The van der Waals surface area contributed by atoms with Gasteiger partial charge in [0.25, 0.3) is 0 Å². The molecule has 1 atom stereocenters. The van der Waals surface area contributed by atoms with Crippen molar-refractivity contribution in [3.63, 3.8) is 0 Å². The van der Waals surface area contributed by atoms with E-state index in [-0.39, 0.29) is 12.1 Å². The molecule has 0 saturated heterocycles. The zero-order valence-corrected chi connectivity index (χ0v) is 10.5. The second-order valence-corrected chi connectivity index (χ2v) is 4.26. The molecule has 1 aromatic carbocycles. The van der Waals surface area contributed by atoms with Crippen molar-refractivity contribution >= 4 is 0 Å². The van der Waals surface area contributed by atoms with Gasteiger partial charge in [0.2, 0.25) is 0 Å². The van der Waals surface area contributed by atoms with Crippen molar-refractivity contribution in [1.29, 1.82) is 0 Å². The molecule has 17 heavy (non-hydrogen) atoms. The molecule has 2 nitrogen and oxygen atoms in total. The molecule has 0 aliphatic carbocycles. The van der Waals surface area contributed by atoms with Gasteiger partial charge in [0.15, 0.2) is 0 Å². The first-order valence-corrected chi connectivity index (χ1v) is 5.80. The molecule has 1 unspecified atom stereocenters. The van der Waals surface area contributed by atoms with Crippen molar-refractivity contribution < 1.29 is 13.5 Å². The van der Waals surface area contributed by atoms with E-state index in [1.165, 1.54) is 6.07 Å². The molecule has 1 N–H and O–H groups in total. The quantitative estimate of drug-likeness (QED) is 0.775. The number of rotatable bonds is 6. The van der Waals surface area contributed by atoms with Crippen LogP contribution in [0, 0.1) is 11.6 Å². The van der Waals surface area contributed by atoms with E-state index < -0.39 is 11.6 Å². The summed E-state index contributed by atoms with van der Waals surface area (Å²) < 4.78 is 31.8. The predicted octanol–water partition coefficient (Wildman–Crippen LogP) is 3.04. The monoisotopic (exact) mass is 243 g/mol. The maximum atomic E-state index is 13.4. The van der Waals surface area contributed by atoms with Crippen LogP contribution in [0.1, 0.15) is 32.4 Å². The lowest BCUT2D eigenvalue weighted by molar-refractivity contribution is 0.0795. The van der Waals surface area contributed by atoms with Crippen LogP contribution in [-0.4, -0.2) is 19.3 Å². The highest BCUT2D eigenvalue weighted by Crippen LogP contribution is 2.17. The van der Waals surface area contributed by atoms with Gasteiger partial charge in [0.1, 0.15) is 11.6 Å². The molecule has 0 bridgehead atoms. The summed E-state index contributed by atoms with van der Waals surface area (Å²) >= 11 is 0. The third-order valence-electron chi connectivity index (χ3n) is 2.43. The van der Waals surface area contributed by atoms with E-state index in [1.807, 2.05) is 13.8 Å². The summed E-state index contributed by atoms with van der Waals surface area (Å²) in [5.74, 6) is -0.815. The Hall–Kier alpha value is -1.00. The minimum Gasteiger partial charge on any atom is -0.377 e. The van der Waals surface area contributed by atoms with Crippen LogP contribution in [0.4, 0.5) is 8.78 Å². The van der Waals surface area contributed by atoms with Gasteiger partial charge in [-0.1, -0.05) is 0 Å². The molecule has 0 amide bonds. The fraction of sp³-hybridized carbons (Fsp3) is 0.538. The Morgan fingerprint density at radius 1 is 1.24 bits per heavy atom. The Morgan fingerprint density at radius 3 is 2.59 bits per heavy atom. The van der Waals surface area contributed by atoms with Gasteiger partial charge >= 0.3 is 0 Å². The fourth-order valence-electron chi connectivity index (χ4n) is 1.53. The summed E-state index contributed by atoms with van der Waals surface area (Å²) in [5.41, 5.74) is 0.342. The second-order valence-electron chi connectivity index (χ2n) is 4.26. The molecule has 96 valence electrons. The highest BCUT2D eigenvalue weighted by atomic mass is 19.1. The van der Waals surface area contributed by atoms with Crippen LogP contribution in [-0.2, 0) is 4.74 Å². The minimum absolute atomic E-state index is 0.179. The van der Waals surface area contributed by atoms with Crippen LogP contribution in [0.2, 0.25) is 0 Å². The first kappa shape index (κ1) is 14.1. The van der Waals surface area contributed by atoms with Gasteiger partial charge in [0.05, 0.1) is 12.7 Å². The average Bonchev–Trinajstić information content (AvgIpc) is 2.27. The summed E-state index contributed by atoms with van der Waals surface area (Å²) in [5, 5.41) is 3.09. The normalized spacial score (nSPS) is 13.1. The lowest BCUT2D eigenvalue weighted by Crippen LogP contribution is -2.25. The number of hydrogen-bond acceptors (Lipinski definition) is 2. The highest BCUT2D eigenvalue weighted by Gasteiger charge is 2.11. The number of ether oxygens (including phenoxy) is 1. The molecule has 0 spiro atoms. The van der Waals surface area contributed by atoms with Crippen LogP contribution in [0.25, 0.3) is 0 Å². The van der Waals surface area contributed by atoms with Crippen molar-refractivity contribution in [1.82, 2.24) is 5.32 Å². The maximum absolute atomic E-state index is 13.4. The van der Waals surface area contributed by atoms with E-state index in [0.29, 0.717) is 18.7 Å². The van der Waals surface area contributed by atoms with Crippen LogP contribution < -0.4 is 5.32 Å². The smallest absolute Gasteiger partial charge is 0.128 e. The summed E-state index contributed by atoms with van der Waals surface area (Å²) in [7, 11) is 0. The molecule has 0 saturated carbocycles. The summed E-state index contributed by atoms with van der Waals surface area (Å²) in [6.07, 6.45) is 0.179. The molecular formula is C13H19F2NO. The van der Waals surface area contributed by atoms with Gasteiger partial charge in [-0.2, -0.15) is 0 Å². The maximum Gasteiger partial charge on any atom is 0.128 e. The standard InChI is InChI=1S/C13H19F2NO/c1-9(2)17-7-6-16-10(3)12-8-11(14)4-5-13(12)15/h4-5,8-10,16H,6-7H2,1-3H3. The van der Waals surface area contributed by atoms with E-state index >= 15 is 0 Å². The Bertz CT molecular complexity index is 355. The van der Waals surface area contributed by atoms with Gasteiger partial charge in [-0.05, 0) is 39.0 Å². The average molecular weight is 243 g/mol. The molecule has 4 heteroatoms. The lowest BCUT2D eigenvalue weighted by atomic mass is 10.1. The molecule has 0 aliphatic heterocycles. The van der Waals surface area contributed by atoms with E-state index in [4.69, 9.17) is 4.74 Å². The number of nitrogens with one attached hydrogen (secondary N) is 1. The largest absolute Gasteiger partial charge is 0.377 e. The number of hydrogen-bond donors (Lipinski definition) is 1. The van der Waals surface area contributed by atoms with Crippen LogP contribution in [0.3, 0.4) is 0 Å². The highest BCUT2D eigenvalue weighted by molar-refractivity contribution is 5.21. The third kappa shape index (κ3) is 4.79. The molecule has 0 radical (unpaired) electrons. The summed E-state index contributed by atoms with van der Waals surface area (Å²) in [4.78, 5) is 0. The molecule has 0 aromatic heterocycles. The van der Waals surface area contributed by atoms with Gasteiger partial charge < -0.3 is 10.1 Å². The van der Waals surface area contributed by atoms with Crippen LogP contribution in [0.5, 0.6) is 0 Å². The van der Waals surface area contributed by atoms with E-state index in [9.17, 15) is 8.78 Å². The Morgan fingerprint density at radius 2 is 1.94 bits per heavy atom. The van der Waals surface area contributed by atoms with Gasteiger partial charge in [0, 0.05) is 18.2 Å². The van der Waals surface area contributed by atoms with Crippen molar-refractivity contribution in [2.45, 2.75) is 32.9 Å².